The summed E-state index contributed by atoms with van der Waals surface area (Å²) in [7, 11) is 0. The Morgan fingerprint density at radius 3 is 2.56 bits per heavy atom. The second-order valence-corrected chi connectivity index (χ2v) is 9.91. The highest BCUT2D eigenvalue weighted by Crippen LogP contribution is 2.42. The summed E-state index contributed by atoms with van der Waals surface area (Å²) >= 11 is 3.40. The number of ether oxygens (including phenoxy) is 1. The molecule has 1 aromatic heterocycles. The summed E-state index contributed by atoms with van der Waals surface area (Å²) in [6.45, 7) is 4.68. The van der Waals surface area contributed by atoms with E-state index < -0.39 is 22.8 Å². The molecular weight excluding hydrogens is 535 g/mol. The smallest absolute Gasteiger partial charge is 0.341 e. The highest BCUT2D eigenvalue weighted by Gasteiger charge is 2.31. The average Bonchev–Trinajstić information content (AvgIpc) is 2.86. The molecule has 0 unspecified atom stereocenters. The van der Waals surface area contributed by atoms with Crippen LogP contribution in [0.3, 0.4) is 0 Å². The van der Waals surface area contributed by atoms with Crippen molar-refractivity contribution in [1.29, 1.82) is 0 Å². The number of pyridine rings is 1. The van der Waals surface area contributed by atoms with Crippen LogP contribution < -0.4 is 15.1 Å². The van der Waals surface area contributed by atoms with Crippen LogP contribution in [0.1, 0.15) is 28.9 Å². The maximum atomic E-state index is 15.4. The summed E-state index contributed by atoms with van der Waals surface area (Å²) in [4.78, 5) is 28.4. The zero-order chi connectivity index (χ0) is 25.6. The standard InChI is InChI=1S/C25H24BrFN4O5/c1-14-13-36-24-21-17(23(32)18(25(33)34)11-31(14)21)10-19(27)22(24)30-8-6-29(7-9-30)12-20(28-35)15-2-4-16(26)5-3-15/h2-5,10-11,14,35H,6-9,12-13H2,1H3,(H,33,34)/b28-20-/t14-/m0/s1. The van der Waals surface area contributed by atoms with Gasteiger partial charge in [-0.1, -0.05) is 33.2 Å². The fraction of sp³-hybridized carbons (Fsp3) is 0.320. The lowest BCUT2D eigenvalue weighted by Crippen LogP contribution is -2.48. The van der Waals surface area contributed by atoms with E-state index in [1.807, 2.05) is 36.1 Å². The van der Waals surface area contributed by atoms with E-state index in [4.69, 9.17) is 4.74 Å². The van der Waals surface area contributed by atoms with Crippen LogP contribution in [0, 0.1) is 5.82 Å². The molecule has 5 rings (SSSR count). The molecule has 0 bridgehead atoms. The quantitative estimate of drug-likeness (QED) is 0.280. The molecule has 0 radical (unpaired) electrons. The monoisotopic (exact) mass is 558 g/mol. The summed E-state index contributed by atoms with van der Waals surface area (Å²) in [6, 6.07) is 8.41. The molecule has 3 heterocycles. The molecule has 9 nitrogen and oxygen atoms in total. The Hall–Kier alpha value is -3.44. The summed E-state index contributed by atoms with van der Waals surface area (Å²) in [5, 5.41) is 22.5. The SMILES string of the molecule is C[C@H]1COc2c(N3CCN(C/C(=N/O)c4ccc(Br)cc4)CC3)c(F)cc3c(=O)c(C(=O)O)cn1c23. The Bertz CT molecular complexity index is 1430. The molecule has 1 atom stereocenters. The van der Waals surface area contributed by atoms with Gasteiger partial charge in [0.15, 0.2) is 11.6 Å². The average molecular weight is 559 g/mol. The number of carboxylic acids is 1. The summed E-state index contributed by atoms with van der Waals surface area (Å²) in [5.74, 6) is -1.71. The lowest BCUT2D eigenvalue weighted by molar-refractivity contribution is 0.0694. The molecule has 11 heteroatoms. The van der Waals surface area contributed by atoms with Crippen molar-refractivity contribution in [3.63, 3.8) is 0 Å². The molecule has 2 aliphatic rings. The van der Waals surface area contributed by atoms with E-state index in [-0.39, 0.29) is 29.5 Å². The van der Waals surface area contributed by atoms with Crippen LogP contribution in [0.15, 0.2) is 51.0 Å². The number of oxime groups is 1. The topological polar surface area (TPSA) is 108 Å². The van der Waals surface area contributed by atoms with Gasteiger partial charge < -0.3 is 24.5 Å². The van der Waals surface area contributed by atoms with Gasteiger partial charge in [-0.25, -0.2) is 9.18 Å². The summed E-state index contributed by atoms with van der Waals surface area (Å²) < 4.78 is 24.0. The maximum Gasteiger partial charge on any atom is 0.341 e. The third-order valence-electron chi connectivity index (χ3n) is 6.73. The predicted molar refractivity (Wildman–Crippen MR) is 136 cm³/mol. The van der Waals surface area contributed by atoms with E-state index in [1.165, 1.54) is 6.20 Å². The van der Waals surface area contributed by atoms with Gasteiger partial charge in [-0.2, -0.15) is 0 Å². The summed E-state index contributed by atoms with van der Waals surface area (Å²) in [5.41, 5.74) is 0.913. The number of piperazine rings is 1. The van der Waals surface area contributed by atoms with Gasteiger partial charge in [0.05, 0.1) is 16.9 Å². The Balaban J connectivity index is 1.43. The molecule has 188 valence electrons. The van der Waals surface area contributed by atoms with E-state index in [1.54, 1.807) is 4.57 Å². The van der Waals surface area contributed by atoms with Crippen molar-refractivity contribution in [2.75, 3.05) is 44.2 Å². The van der Waals surface area contributed by atoms with Crippen LogP contribution in [0.4, 0.5) is 10.1 Å². The van der Waals surface area contributed by atoms with Crippen molar-refractivity contribution in [3.8, 4) is 5.75 Å². The van der Waals surface area contributed by atoms with Crippen LogP contribution in [-0.2, 0) is 0 Å². The number of nitrogens with zero attached hydrogens (tertiary/aromatic N) is 4. The molecule has 0 saturated carbocycles. The first-order valence-corrected chi connectivity index (χ1v) is 12.3. The van der Waals surface area contributed by atoms with Gasteiger partial charge in [-0.15, -0.1) is 0 Å². The number of carboxylic acid groups (broad SMARTS) is 1. The normalized spacial score (nSPS) is 18.4. The molecule has 36 heavy (non-hydrogen) atoms. The number of hydrogen-bond acceptors (Lipinski definition) is 7. The predicted octanol–water partition coefficient (Wildman–Crippen LogP) is 3.56. The van der Waals surface area contributed by atoms with Crippen molar-refractivity contribution < 1.29 is 24.2 Å². The second kappa shape index (κ2) is 9.55. The second-order valence-electron chi connectivity index (χ2n) is 8.99. The number of hydrogen-bond donors (Lipinski definition) is 2. The number of rotatable bonds is 5. The van der Waals surface area contributed by atoms with E-state index in [2.05, 4.69) is 26.0 Å². The molecule has 1 fully saturated rings. The number of benzene rings is 2. The Morgan fingerprint density at radius 2 is 1.92 bits per heavy atom. The van der Waals surface area contributed by atoms with Crippen LogP contribution >= 0.6 is 15.9 Å². The van der Waals surface area contributed by atoms with E-state index >= 15 is 4.39 Å². The largest absolute Gasteiger partial charge is 0.487 e. The third-order valence-corrected chi connectivity index (χ3v) is 7.26. The minimum Gasteiger partial charge on any atom is -0.487 e. The van der Waals surface area contributed by atoms with Gasteiger partial charge in [-0.05, 0) is 25.1 Å². The van der Waals surface area contributed by atoms with E-state index in [9.17, 15) is 19.9 Å². The zero-order valence-electron chi connectivity index (χ0n) is 19.4. The Kier molecular flexibility index (Phi) is 6.44. The molecule has 2 aliphatic heterocycles. The van der Waals surface area contributed by atoms with Crippen molar-refractivity contribution in [1.82, 2.24) is 9.47 Å². The van der Waals surface area contributed by atoms with E-state index in [0.717, 1.165) is 16.1 Å². The van der Waals surface area contributed by atoms with Gasteiger partial charge in [0.1, 0.15) is 23.6 Å². The molecule has 1 saturated heterocycles. The minimum atomic E-state index is -1.35. The van der Waals surface area contributed by atoms with Gasteiger partial charge in [0.25, 0.3) is 0 Å². The number of halogens is 2. The zero-order valence-corrected chi connectivity index (χ0v) is 21.0. The van der Waals surface area contributed by atoms with Crippen LogP contribution in [0.2, 0.25) is 0 Å². The number of carbonyl (C=O) groups is 1. The molecule has 3 aromatic rings. The highest BCUT2D eigenvalue weighted by atomic mass is 79.9. The Morgan fingerprint density at radius 1 is 1.22 bits per heavy atom. The lowest BCUT2D eigenvalue weighted by Gasteiger charge is -2.38. The molecule has 2 aromatic carbocycles. The van der Waals surface area contributed by atoms with Crippen LogP contribution in [0.5, 0.6) is 5.75 Å². The Labute approximate surface area is 214 Å². The fourth-order valence-corrected chi connectivity index (χ4v) is 5.09. The van der Waals surface area contributed by atoms with Crippen molar-refractivity contribution in [3.05, 3.63) is 68.2 Å². The van der Waals surface area contributed by atoms with Gasteiger partial charge in [0, 0.05) is 49.0 Å². The highest BCUT2D eigenvalue weighted by molar-refractivity contribution is 9.10. The summed E-state index contributed by atoms with van der Waals surface area (Å²) in [6.07, 6.45) is 1.32. The van der Waals surface area contributed by atoms with Crippen molar-refractivity contribution >= 4 is 44.2 Å². The first kappa shape index (κ1) is 24.3. The lowest BCUT2D eigenvalue weighted by atomic mass is 10.1. The maximum absolute atomic E-state index is 15.4. The number of anilines is 1. The van der Waals surface area contributed by atoms with Gasteiger partial charge in [0.2, 0.25) is 5.43 Å². The molecule has 0 amide bonds. The molecule has 2 N–H and O–H groups in total. The van der Waals surface area contributed by atoms with Crippen LogP contribution in [-0.4, -0.2) is 70.8 Å². The molecule has 0 spiro atoms. The van der Waals surface area contributed by atoms with E-state index in [0.29, 0.717) is 44.0 Å². The minimum absolute atomic E-state index is 0.00497. The van der Waals surface area contributed by atoms with Crippen LogP contribution in [0.25, 0.3) is 10.9 Å². The first-order chi connectivity index (χ1) is 17.3. The molecular formula is C25H24BrFN4O5. The molecule has 0 aliphatic carbocycles. The fourth-order valence-electron chi connectivity index (χ4n) is 4.82. The van der Waals surface area contributed by atoms with Gasteiger partial charge >= 0.3 is 5.97 Å². The first-order valence-electron chi connectivity index (χ1n) is 11.5. The van der Waals surface area contributed by atoms with Crippen molar-refractivity contribution in [2.45, 2.75) is 13.0 Å². The number of aromatic carboxylic acids is 1. The van der Waals surface area contributed by atoms with Crippen molar-refractivity contribution in [2.24, 2.45) is 5.16 Å². The third kappa shape index (κ3) is 4.22. The van der Waals surface area contributed by atoms with Gasteiger partial charge in [-0.3, -0.25) is 9.69 Å². The number of aromatic nitrogens is 1.